The molecule has 0 spiro atoms. The maximum absolute atomic E-state index is 10.2. The number of carboxylic acids is 1. The minimum absolute atomic E-state index is 0.0405. The summed E-state index contributed by atoms with van der Waals surface area (Å²) in [6.45, 7) is 0.770. The van der Waals surface area contributed by atoms with Crippen molar-refractivity contribution in [2.75, 3.05) is 18.8 Å². The normalized spacial score (nSPS) is 10.3. The van der Waals surface area contributed by atoms with E-state index in [1.165, 1.54) is 5.56 Å². The lowest BCUT2D eigenvalue weighted by atomic mass is 10.2. The van der Waals surface area contributed by atoms with Crippen LogP contribution in [0.3, 0.4) is 0 Å². The van der Waals surface area contributed by atoms with Gasteiger partial charge in [0.1, 0.15) is 0 Å². The summed E-state index contributed by atoms with van der Waals surface area (Å²) >= 11 is 5.18. The minimum Gasteiger partial charge on any atom is -0.480 e. The van der Waals surface area contributed by atoms with Gasteiger partial charge in [0, 0.05) is 22.5 Å². The highest BCUT2D eigenvalue weighted by molar-refractivity contribution is 9.10. The molecular weight excluding hydrogens is 290 g/mol. The van der Waals surface area contributed by atoms with Crippen LogP contribution in [-0.2, 0) is 10.5 Å². The second-order valence-electron chi connectivity index (χ2n) is 3.25. The van der Waals surface area contributed by atoms with Crippen molar-refractivity contribution in [3.8, 4) is 0 Å². The Morgan fingerprint density at radius 3 is 2.69 bits per heavy atom. The zero-order valence-electron chi connectivity index (χ0n) is 8.78. The average molecular weight is 304 g/mol. The van der Waals surface area contributed by atoms with E-state index in [9.17, 15) is 4.79 Å². The van der Waals surface area contributed by atoms with E-state index in [2.05, 4.69) is 33.4 Å². The van der Waals surface area contributed by atoms with E-state index in [0.29, 0.717) is 0 Å². The molecule has 0 aromatic heterocycles. The zero-order valence-corrected chi connectivity index (χ0v) is 11.2. The minimum atomic E-state index is -0.807. The van der Waals surface area contributed by atoms with Gasteiger partial charge in [0.25, 0.3) is 0 Å². The summed E-state index contributed by atoms with van der Waals surface area (Å²) in [5, 5.41) is 11.3. The molecule has 16 heavy (non-hydrogen) atoms. The van der Waals surface area contributed by atoms with Crippen LogP contribution < -0.4 is 5.32 Å². The molecule has 5 heteroatoms. The van der Waals surface area contributed by atoms with E-state index in [-0.39, 0.29) is 6.54 Å². The first-order valence-corrected chi connectivity index (χ1v) is 6.88. The van der Waals surface area contributed by atoms with E-state index in [1.807, 2.05) is 12.1 Å². The monoisotopic (exact) mass is 303 g/mol. The maximum Gasteiger partial charge on any atom is 0.317 e. The van der Waals surface area contributed by atoms with Gasteiger partial charge in [-0.15, -0.1) is 0 Å². The smallest absolute Gasteiger partial charge is 0.317 e. The van der Waals surface area contributed by atoms with Crippen LogP contribution in [0.2, 0.25) is 0 Å². The Hall–Kier alpha value is -0.520. The molecule has 0 radical (unpaired) electrons. The molecule has 1 aromatic carbocycles. The molecular formula is C11H14BrNO2S. The predicted molar refractivity (Wildman–Crippen MR) is 70.8 cm³/mol. The lowest BCUT2D eigenvalue weighted by Gasteiger charge is -2.03. The molecule has 0 aliphatic rings. The highest BCUT2D eigenvalue weighted by Gasteiger charge is 1.96. The number of halogens is 1. The van der Waals surface area contributed by atoms with Crippen LogP contribution in [0.1, 0.15) is 5.56 Å². The third kappa shape index (κ3) is 6.15. The van der Waals surface area contributed by atoms with Crippen molar-refractivity contribution in [3.05, 3.63) is 34.3 Å². The standard InChI is InChI=1S/C11H14BrNO2S/c12-10-3-1-9(2-4-10)8-16-6-5-13-7-11(14)15/h1-4,13H,5-8H2,(H,14,15). The van der Waals surface area contributed by atoms with Gasteiger partial charge in [-0.05, 0) is 17.7 Å². The van der Waals surface area contributed by atoms with Gasteiger partial charge in [0.2, 0.25) is 0 Å². The Bertz CT molecular complexity index is 329. The third-order valence-electron chi connectivity index (χ3n) is 1.88. The summed E-state index contributed by atoms with van der Waals surface area (Å²) in [7, 11) is 0. The van der Waals surface area contributed by atoms with Gasteiger partial charge < -0.3 is 10.4 Å². The number of carboxylic acid groups (broad SMARTS) is 1. The fourth-order valence-corrected chi connectivity index (χ4v) is 2.24. The molecule has 0 heterocycles. The van der Waals surface area contributed by atoms with Crippen molar-refractivity contribution in [1.82, 2.24) is 5.32 Å². The second kappa shape index (κ2) is 7.70. The first-order valence-electron chi connectivity index (χ1n) is 4.93. The van der Waals surface area contributed by atoms with Crippen LogP contribution in [-0.4, -0.2) is 29.9 Å². The molecule has 2 N–H and O–H groups in total. The number of carbonyl (C=O) groups is 1. The zero-order chi connectivity index (χ0) is 11.8. The Morgan fingerprint density at radius 2 is 2.06 bits per heavy atom. The van der Waals surface area contributed by atoms with E-state index < -0.39 is 5.97 Å². The number of aliphatic carboxylic acids is 1. The summed E-state index contributed by atoms with van der Waals surface area (Å²) < 4.78 is 1.09. The number of hydrogen-bond acceptors (Lipinski definition) is 3. The quantitative estimate of drug-likeness (QED) is 0.759. The molecule has 0 amide bonds. The van der Waals surface area contributed by atoms with Crippen molar-refractivity contribution in [3.63, 3.8) is 0 Å². The molecule has 0 bridgehead atoms. The third-order valence-corrected chi connectivity index (χ3v) is 3.44. The van der Waals surface area contributed by atoms with Gasteiger partial charge in [-0.1, -0.05) is 28.1 Å². The Kier molecular flexibility index (Phi) is 6.52. The molecule has 88 valence electrons. The molecule has 3 nitrogen and oxygen atoms in total. The summed E-state index contributed by atoms with van der Waals surface area (Å²) in [6, 6.07) is 8.22. The number of rotatable bonds is 7. The first kappa shape index (κ1) is 13.5. The van der Waals surface area contributed by atoms with Gasteiger partial charge >= 0.3 is 5.97 Å². The highest BCUT2D eigenvalue weighted by atomic mass is 79.9. The average Bonchev–Trinajstić information content (AvgIpc) is 2.25. The summed E-state index contributed by atoms with van der Waals surface area (Å²) in [4.78, 5) is 10.2. The summed E-state index contributed by atoms with van der Waals surface area (Å²) in [6.07, 6.45) is 0. The van der Waals surface area contributed by atoms with E-state index in [4.69, 9.17) is 5.11 Å². The molecule has 0 aliphatic heterocycles. The second-order valence-corrected chi connectivity index (χ2v) is 5.27. The van der Waals surface area contributed by atoms with E-state index >= 15 is 0 Å². The Morgan fingerprint density at radius 1 is 1.38 bits per heavy atom. The molecule has 0 aliphatic carbocycles. The molecule has 1 rings (SSSR count). The predicted octanol–water partition coefficient (Wildman–Crippen LogP) is 2.36. The topological polar surface area (TPSA) is 49.3 Å². The SMILES string of the molecule is O=C(O)CNCCSCc1ccc(Br)cc1. The van der Waals surface area contributed by atoms with Crippen LogP contribution in [0, 0.1) is 0 Å². The van der Waals surface area contributed by atoms with Crippen LogP contribution in [0.25, 0.3) is 0 Å². The molecule has 0 fully saturated rings. The van der Waals surface area contributed by atoms with Crippen molar-refractivity contribution < 1.29 is 9.90 Å². The Balaban J connectivity index is 2.07. The Labute approximate surface area is 108 Å². The number of thioether (sulfide) groups is 1. The van der Waals surface area contributed by atoms with E-state index in [0.717, 1.165) is 22.5 Å². The lowest BCUT2D eigenvalue weighted by molar-refractivity contribution is -0.135. The van der Waals surface area contributed by atoms with Gasteiger partial charge in [0.15, 0.2) is 0 Å². The van der Waals surface area contributed by atoms with Crippen molar-refractivity contribution in [2.45, 2.75) is 5.75 Å². The number of hydrogen-bond donors (Lipinski definition) is 2. The summed E-state index contributed by atoms with van der Waals surface area (Å²) in [5.41, 5.74) is 1.28. The van der Waals surface area contributed by atoms with Gasteiger partial charge in [-0.25, -0.2) is 0 Å². The molecule has 0 saturated carbocycles. The van der Waals surface area contributed by atoms with Crippen LogP contribution in [0.15, 0.2) is 28.7 Å². The fourth-order valence-electron chi connectivity index (χ4n) is 1.11. The molecule has 0 atom stereocenters. The van der Waals surface area contributed by atoms with Gasteiger partial charge in [0.05, 0.1) is 6.54 Å². The highest BCUT2D eigenvalue weighted by Crippen LogP contribution is 2.15. The van der Waals surface area contributed by atoms with Crippen LogP contribution >= 0.6 is 27.7 Å². The van der Waals surface area contributed by atoms with Crippen LogP contribution in [0.5, 0.6) is 0 Å². The number of benzene rings is 1. The van der Waals surface area contributed by atoms with Gasteiger partial charge in [-0.2, -0.15) is 11.8 Å². The largest absolute Gasteiger partial charge is 0.480 e. The fraction of sp³-hybridized carbons (Fsp3) is 0.364. The van der Waals surface area contributed by atoms with Crippen molar-refractivity contribution >= 4 is 33.7 Å². The lowest BCUT2D eigenvalue weighted by Crippen LogP contribution is -2.24. The van der Waals surface area contributed by atoms with Gasteiger partial charge in [-0.3, -0.25) is 4.79 Å². The van der Waals surface area contributed by atoms with Crippen LogP contribution in [0.4, 0.5) is 0 Å². The maximum atomic E-state index is 10.2. The number of nitrogens with one attached hydrogen (secondary N) is 1. The van der Waals surface area contributed by atoms with Crippen molar-refractivity contribution in [1.29, 1.82) is 0 Å². The molecule has 1 aromatic rings. The first-order chi connectivity index (χ1) is 7.68. The van der Waals surface area contributed by atoms with E-state index in [1.54, 1.807) is 11.8 Å². The summed E-state index contributed by atoms with van der Waals surface area (Å²) in [5.74, 6) is 1.07. The van der Waals surface area contributed by atoms with Crippen molar-refractivity contribution in [2.24, 2.45) is 0 Å². The molecule has 0 unspecified atom stereocenters. The molecule has 0 saturated heterocycles.